The van der Waals surface area contributed by atoms with E-state index >= 15 is 0 Å². The lowest BCUT2D eigenvalue weighted by atomic mass is 10.1. The van der Waals surface area contributed by atoms with Gasteiger partial charge in [0.15, 0.2) is 0 Å². The van der Waals surface area contributed by atoms with Crippen molar-refractivity contribution < 1.29 is 4.74 Å². The molecule has 18 heavy (non-hydrogen) atoms. The van der Waals surface area contributed by atoms with Crippen LogP contribution in [0.1, 0.15) is 31.7 Å². The molecule has 1 fully saturated rings. The van der Waals surface area contributed by atoms with Gasteiger partial charge in [0, 0.05) is 12.2 Å². The van der Waals surface area contributed by atoms with Crippen molar-refractivity contribution in [2.45, 2.75) is 38.6 Å². The molecule has 4 N–H and O–H groups in total. The van der Waals surface area contributed by atoms with Crippen LogP contribution in [0, 0.1) is 0 Å². The Bertz CT molecular complexity index is 379. The molecule has 0 aliphatic carbocycles. The number of hydrogen-bond donors (Lipinski definition) is 3. The van der Waals surface area contributed by atoms with Gasteiger partial charge < -0.3 is 15.5 Å². The first-order chi connectivity index (χ1) is 8.85. The van der Waals surface area contributed by atoms with Gasteiger partial charge in [-0.2, -0.15) is 0 Å². The largest absolute Gasteiger partial charge is 0.379 e. The van der Waals surface area contributed by atoms with E-state index in [9.17, 15) is 0 Å². The maximum Gasteiger partial charge on any atom is 0.148 e. The average molecular weight is 251 g/mol. The van der Waals surface area contributed by atoms with Crippen LogP contribution in [-0.2, 0) is 11.2 Å². The van der Waals surface area contributed by atoms with E-state index < -0.39 is 0 Å². The first kappa shape index (κ1) is 13.0. The fourth-order valence-corrected chi connectivity index (χ4v) is 2.20. The highest BCUT2D eigenvalue weighted by atomic mass is 16.5. The summed E-state index contributed by atoms with van der Waals surface area (Å²) in [5.74, 6) is 7.06. The molecule has 0 amide bonds. The number of hydrazine groups is 1. The predicted molar refractivity (Wildman–Crippen MR) is 71.3 cm³/mol. The first-order valence-electron chi connectivity index (χ1n) is 6.50. The highest BCUT2D eigenvalue weighted by Crippen LogP contribution is 2.22. The molecule has 2 rings (SSSR count). The third-order valence-corrected chi connectivity index (χ3v) is 3.08. The molecule has 2 heterocycles. The number of hydrogen-bond acceptors (Lipinski definition) is 6. The number of nitrogen functional groups attached to an aromatic ring is 1. The number of nitrogens with two attached hydrogens (primary N) is 1. The van der Waals surface area contributed by atoms with Gasteiger partial charge in [-0.1, -0.05) is 13.3 Å². The topological polar surface area (TPSA) is 85.1 Å². The van der Waals surface area contributed by atoms with Gasteiger partial charge in [-0.25, -0.2) is 15.8 Å². The average Bonchev–Trinajstić information content (AvgIpc) is 2.42. The van der Waals surface area contributed by atoms with Crippen LogP contribution in [-0.4, -0.2) is 29.2 Å². The van der Waals surface area contributed by atoms with Gasteiger partial charge in [-0.3, -0.25) is 0 Å². The number of aromatic nitrogens is 2. The molecule has 1 aromatic rings. The quantitative estimate of drug-likeness (QED) is 0.540. The second-order valence-electron chi connectivity index (χ2n) is 4.50. The molecule has 1 aliphatic heterocycles. The maximum atomic E-state index is 5.49. The molecule has 0 saturated carbocycles. The van der Waals surface area contributed by atoms with E-state index in [1.165, 1.54) is 6.33 Å². The molecule has 0 aromatic carbocycles. The summed E-state index contributed by atoms with van der Waals surface area (Å²) in [5.41, 5.74) is 3.68. The van der Waals surface area contributed by atoms with Gasteiger partial charge in [-0.15, -0.1) is 0 Å². The monoisotopic (exact) mass is 251 g/mol. The molecule has 100 valence electrons. The second kappa shape index (κ2) is 6.51. The minimum Gasteiger partial charge on any atom is -0.379 e. The lowest BCUT2D eigenvalue weighted by Crippen LogP contribution is -2.31. The van der Waals surface area contributed by atoms with Gasteiger partial charge in [-0.05, 0) is 19.3 Å². The van der Waals surface area contributed by atoms with Crippen LogP contribution in [0.3, 0.4) is 0 Å². The van der Waals surface area contributed by atoms with Gasteiger partial charge in [0.25, 0.3) is 0 Å². The van der Waals surface area contributed by atoms with Gasteiger partial charge in [0.2, 0.25) is 0 Å². The molecule has 1 aliphatic rings. The van der Waals surface area contributed by atoms with E-state index in [2.05, 4.69) is 27.6 Å². The minimum absolute atomic E-state index is 0.329. The summed E-state index contributed by atoms with van der Waals surface area (Å²) in [6.45, 7) is 3.72. The summed E-state index contributed by atoms with van der Waals surface area (Å²) in [6.07, 6.45) is 5.66. The molecule has 1 saturated heterocycles. The molecule has 0 spiro atoms. The van der Waals surface area contributed by atoms with E-state index in [-0.39, 0.29) is 0 Å². The Kier molecular flexibility index (Phi) is 4.72. The summed E-state index contributed by atoms with van der Waals surface area (Å²) >= 11 is 0. The number of anilines is 2. The SMILES string of the molecule is CCCc1c(NN)ncnc1NC1CCCOC1. The third-order valence-electron chi connectivity index (χ3n) is 3.08. The Balaban J connectivity index is 2.14. The summed E-state index contributed by atoms with van der Waals surface area (Å²) in [7, 11) is 0. The second-order valence-corrected chi connectivity index (χ2v) is 4.50. The smallest absolute Gasteiger partial charge is 0.148 e. The Morgan fingerprint density at radius 2 is 2.28 bits per heavy atom. The molecule has 1 atom stereocenters. The van der Waals surface area contributed by atoms with Crippen molar-refractivity contribution in [1.82, 2.24) is 9.97 Å². The minimum atomic E-state index is 0.329. The van der Waals surface area contributed by atoms with Crippen LogP contribution in [0.25, 0.3) is 0 Å². The van der Waals surface area contributed by atoms with Crippen LogP contribution in [0.15, 0.2) is 6.33 Å². The van der Waals surface area contributed by atoms with E-state index in [4.69, 9.17) is 10.6 Å². The van der Waals surface area contributed by atoms with Gasteiger partial charge in [0.05, 0.1) is 12.6 Å². The van der Waals surface area contributed by atoms with Crippen LogP contribution in [0.5, 0.6) is 0 Å². The van der Waals surface area contributed by atoms with E-state index in [0.717, 1.165) is 50.3 Å². The number of rotatable bonds is 5. The predicted octanol–water partition coefficient (Wildman–Crippen LogP) is 1.31. The van der Waals surface area contributed by atoms with E-state index in [0.29, 0.717) is 11.9 Å². The molecule has 0 radical (unpaired) electrons. The first-order valence-corrected chi connectivity index (χ1v) is 6.50. The fraction of sp³-hybridized carbons (Fsp3) is 0.667. The lowest BCUT2D eigenvalue weighted by Gasteiger charge is -2.25. The van der Waals surface area contributed by atoms with Crippen molar-refractivity contribution in [3.05, 3.63) is 11.9 Å². The van der Waals surface area contributed by atoms with Crippen molar-refractivity contribution >= 4 is 11.6 Å². The van der Waals surface area contributed by atoms with Crippen LogP contribution in [0.4, 0.5) is 11.6 Å². The van der Waals surface area contributed by atoms with Gasteiger partial charge >= 0.3 is 0 Å². The molecular formula is C12H21N5O. The standard InChI is InChI=1S/C12H21N5O/c1-2-4-10-11(14-8-15-12(10)17-13)16-9-5-3-6-18-7-9/h8-9H,2-7,13H2,1H3,(H2,14,15,16,17). The normalized spacial score (nSPS) is 19.6. The van der Waals surface area contributed by atoms with Crippen molar-refractivity contribution in [2.75, 3.05) is 24.0 Å². The Morgan fingerprint density at radius 1 is 1.44 bits per heavy atom. The molecule has 6 nitrogen and oxygen atoms in total. The van der Waals surface area contributed by atoms with Crippen molar-refractivity contribution in [1.29, 1.82) is 0 Å². The number of ether oxygens (including phenoxy) is 1. The maximum absolute atomic E-state index is 5.49. The zero-order valence-electron chi connectivity index (χ0n) is 10.8. The zero-order chi connectivity index (χ0) is 12.8. The summed E-state index contributed by atoms with van der Waals surface area (Å²) < 4.78 is 5.46. The van der Waals surface area contributed by atoms with E-state index in [1.54, 1.807) is 0 Å². The lowest BCUT2D eigenvalue weighted by molar-refractivity contribution is 0.0875. The van der Waals surface area contributed by atoms with Gasteiger partial charge in [0.1, 0.15) is 18.0 Å². The van der Waals surface area contributed by atoms with Crippen LogP contribution < -0.4 is 16.6 Å². The van der Waals surface area contributed by atoms with Crippen LogP contribution in [0.2, 0.25) is 0 Å². The zero-order valence-corrected chi connectivity index (χ0v) is 10.8. The highest BCUT2D eigenvalue weighted by Gasteiger charge is 2.17. The molecule has 6 heteroatoms. The molecular weight excluding hydrogens is 230 g/mol. The number of nitrogens with zero attached hydrogens (tertiary/aromatic N) is 2. The number of nitrogens with one attached hydrogen (secondary N) is 2. The van der Waals surface area contributed by atoms with Crippen molar-refractivity contribution in [3.8, 4) is 0 Å². The summed E-state index contributed by atoms with van der Waals surface area (Å²) in [5, 5.41) is 3.44. The highest BCUT2D eigenvalue weighted by molar-refractivity contribution is 5.57. The molecule has 1 aromatic heterocycles. The molecule has 0 bridgehead atoms. The molecule has 1 unspecified atom stereocenters. The van der Waals surface area contributed by atoms with Crippen LogP contribution >= 0.6 is 0 Å². The fourth-order valence-electron chi connectivity index (χ4n) is 2.20. The van der Waals surface area contributed by atoms with E-state index in [1.807, 2.05) is 0 Å². The Labute approximate surface area is 107 Å². The van der Waals surface area contributed by atoms with Crippen molar-refractivity contribution in [2.24, 2.45) is 5.84 Å². The van der Waals surface area contributed by atoms with Crippen molar-refractivity contribution in [3.63, 3.8) is 0 Å². The Hall–Kier alpha value is -1.40. The summed E-state index contributed by atoms with van der Waals surface area (Å²) in [6, 6.07) is 0.329. The summed E-state index contributed by atoms with van der Waals surface area (Å²) in [4.78, 5) is 8.48. The third kappa shape index (κ3) is 3.08. The Morgan fingerprint density at radius 3 is 2.94 bits per heavy atom.